The predicted octanol–water partition coefficient (Wildman–Crippen LogP) is 4.99. The molecule has 0 radical (unpaired) electrons. The summed E-state index contributed by atoms with van der Waals surface area (Å²) in [7, 11) is 0. The van der Waals surface area contributed by atoms with Crippen LogP contribution in [0.2, 0.25) is 0 Å². The number of aryl methyl sites for hydroxylation is 2. The van der Waals surface area contributed by atoms with E-state index in [-0.39, 0.29) is 0 Å². The second kappa shape index (κ2) is 8.01. The summed E-state index contributed by atoms with van der Waals surface area (Å²) in [5.41, 5.74) is 2.57. The van der Waals surface area contributed by atoms with Gasteiger partial charge < -0.3 is 14.4 Å². The topological polar surface area (TPSA) is 81.7 Å². The van der Waals surface area contributed by atoms with Gasteiger partial charge in [-0.1, -0.05) is 24.2 Å². The van der Waals surface area contributed by atoms with Gasteiger partial charge in [-0.15, -0.1) is 0 Å². The zero-order valence-electron chi connectivity index (χ0n) is 17.3. The fourth-order valence-electron chi connectivity index (χ4n) is 3.34. The Bertz CT molecular complexity index is 1190. The second-order valence-corrected chi connectivity index (χ2v) is 7.26. The Morgan fingerprint density at radius 3 is 2.45 bits per heavy atom. The molecule has 0 amide bonds. The zero-order chi connectivity index (χ0) is 22.2. The third-order valence-corrected chi connectivity index (χ3v) is 4.90. The number of hydrogen-bond donors (Lipinski definition) is 1. The number of hydrogen-bond acceptors (Lipinski definition) is 6. The molecule has 0 atom stereocenters. The molecule has 10 heteroatoms. The Hall–Kier alpha value is -3.43. The van der Waals surface area contributed by atoms with Gasteiger partial charge in [-0.2, -0.15) is 13.2 Å². The molecule has 3 heterocycles. The molecule has 0 aliphatic carbocycles. The smallest absolute Gasteiger partial charge is 0.368 e. The number of rotatable bonds is 6. The summed E-state index contributed by atoms with van der Waals surface area (Å²) >= 11 is 0. The molecule has 0 aliphatic heterocycles. The molecule has 1 N–H and O–H groups in total. The molecule has 1 aromatic carbocycles. The van der Waals surface area contributed by atoms with Crippen molar-refractivity contribution in [3.05, 3.63) is 53.2 Å². The van der Waals surface area contributed by atoms with Gasteiger partial charge in [0.2, 0.25) is 0 Å². The SMILES string of the molecule is CCCNc1nc(-c2c(C)noc2C)nc2c1ncn2Cc1ccc(C(F)(F)F)cc1. The van der Waals surface area contributed by atoms with Crippen molar-refractivity contribution in [1.29, 1.82) is 0 Å². The standard InChI is InChI=1S/C21H21F3N6O/c1-4-9-25-19-17-20(28-18(27-19)16-12(2)29-31-13(16)3)30(11-26-17)10-14-5-7-15(8-6-14)21(22,23)24/h5-8,11H,4,9-10H2,1-3H3,(H,25,27,28). The first-order valence-corrected chi connectivity index (χ1v) is 9.84. The summed E-state index contributed by atoms with van der Waals surface area (Å²) in [6, 6.07) is 5.07. The molecule has 0 fully saturated rings. The van der Waals surface area contributed by atoms with E-state index in [9.17, 15) is 13.2 Å². The van der Waals surface area contributed by atoms with Crippen molar-refractivity contribution in [2.75, 3.05) is 11.9 Å². The predicted molar refractivity (Wildman–Crippen MR) is 110 cm³/mol. The molecular weight excluding hydrogens is 409 g/mol. The number of anilines is 1. The van der Waals surface area contributed by atoms with Gasteiger partial charge in [0.1, 0.15) is 11.3 Å². The summed E-state index contributed by atoms with van der Waals surface area (Å²) in [6.45, 7) is 6.68. The van der Waals surface area contributed by atoms with Gasteiger partial charge in [0, 0.05) is 6.54 Å². The van der Waals surface area contributed by atoms with Crippen LogP contribution in [0.15, 0.2) is 35.1 Å². The number of benzene rings is 1. The highest BCUT2D eigenvalue weighted by atomic mass is 19.4. The minimum absolute atomic E-state index is 0.319. The highest BCUT2D eigenvalue weighted by Gasteiger charge is 2.30. The van der Waals surface area contributed by atoms with E-state index in [2.05, 4.69) is 20.4 Å². The van der Waals surface area contributed by atoms with Gasteiger partial charge in [-0.25, -0.2) is 15.0 Å². The van der Waals surface area contributed by atoms with E-state index in [0.29, 0.717) is 58.5 Å². The van der Waals surface area contributed by atoms with Crippen LogP contribution in [0.4, 0.5) is 19.0 Å². The summed E-state index contributed by atoms with van der Waals surface area (Å²) < 4.78 is 45.6. The highest BCUT2D eigenvalue weighted by molar-refractivity contribution is 5.85. The molecule has 0 unspecified atom stereocenters. The molecule has 0 bridgehead atoms. The first kappa shape index (κ1) is 20.8. The van der Waals surface area contributed by atoms with Crippen LogP contribution < -0.4 is 5.32 Å². The normalized spacial score (nSPS) is 11.9. The molecule has 0 spiro atoms. The Morgan fingerprint density at radius 2 is 1.84 bits per heavy atom. The Labute approximate surface area is 176 Å². The van der Waals surface area contributed by atoms with E-state index in [1.165, 1.54) is 12.1 Å². The minimum Gasteiger partial charge on any atom is -0.368 e. The monoisotopic (exact) mass is 430 g/mol. The van der Waals surface area contributed by atoms with Crippen molar-refractivity contribution < 1.29 is 17.7 Å². The Balaban J connectivity index is 1.77. The first-order valence-electron chi connectivity index (χ1n) is 9.84. The fraction of sp³-hybridized carbons (Fsp3) is 0.333. The highest BCUT2D eigenvalue weighted by Crippen LogP contribution is 2.30. The summed E-state index contributed by atoms with van der Waals surface area (Å²) in [5.74, 6) is 1.65. The molecule has 31 heavy (non-hydrogen) atoms. The molecule has 0 saturated heterocycles. The first-order chi connectivity index (χ1) is 14.8. The summed E-state index contributed by atoms with van der Waals surface area (Å²) in [5, 5.41) is 7.26. The van der Waals surface area contributed by atoms with Crippen molar-refractivity contribution in [1.82, 2.24) is 24.7 Å². The summed E-state index contributed by atoms with van der Waals surface area (Å²) in [4.78, 5) is 13.8. The van der Waals surface area contributed by atoms with Gasteiger partial charge in [0.25, 0.3) is 0 Å². The molecule has 4 rings (SSSR count). The van der Waals surface area contributed by atoms with E-state index in [1.54, 1.807) is 17.8 Å². The lowest BCUT2D eigenvalue weighted by Crippen LogP contribution is -2.07. The van der Waals surface area contributed by atoms with Crippen LogP contribution in [0.3, 0.4) is 0 Å². The van der Waals surface area contributed by atoms with Crippen molar-refractivity contribution >= 4 is 17.0 Å². The van der Waals surface area contributed by atoms with Crippen molar-refractivity contribution in [3.8, 4) is 11.4 Å². The average molecular weight is 430 g/mol. The van der Waals surface area contributed by atoms with E-state index >= 15 is 0 Å². The van der Waals surface area contributed by atoms with Gasteiger partial charge in [0.15, 0.2) is 17.3 Å². The van der Waals surface area contributed by atoms with E-state index in [4.69, 9.17) is 9.51 Å². The van der Waals surface area contributed by atoms with Crippen molar-refractivity contribution in [2.45, 2.75) is 39.9 Å². The average Bonchev–Trinajstić information content (AvgIpc) is 3.28. The molecule has 0 saturated carbocycles. The van der Waals surface area contributed by atoms with Gasteiger partial charge >= 0.3 is 6.18 Å². The van der Waals surface area contributed by atoms with Gasteiger partial charge in [0.05, 0.1) is 29.7 Å². The molecule has 0 aliphatic rings. The van der Waals surface area contributed by atoms with Gasteiger partial charge in [-0.05, 0) is 38.0 Å². The number of alkyl halides is 3. The number of nitrogens with zero attached hydrogens (tertiary/aromatic N) is 5. The Kier molecular flexibility index (Phi) is 5.38. The van der Waals surface area contributed by atoms with Crippen LogP contribution in [-0.2, 0) is 12.7 Å². The van der Waals surface area contributed by atoms with Crippen molar-refractivity contribution in [2.24, 2.45) is 0 Å². The van der Waals surface area contributed by atoms with Crippen LogP contribution >= 0.6 is 0 Å². The number of nitrogens with one attached hydrogen (secondary N) is 1. The molecular formula is C21H21F3N6O. The maximum Gasteiger partial charge on any atom is 0.416 e. The number of imidazole rings is 1. The third kappa shape index (κ3) is 4.10. The van der Waals surface area contributed by atoms with E-state index in [0.717, 1.165) is 18.6 Å². The fourth-order valence-corrected chi connectivity index (χ4v) is 3.34. The number of aromatic nitrogens is 5. The lowest BCUT2D eigenvalue weighted by molar-refractivity contribution is -0.137. The number of halogens is 3. The molecule has 4 aromatic rings. The van der Waals surface area contributed by atoms with E-state index < -0.39 is 11.7 Å². The minimum atomic E-state index is -4.36. The number of fused-ring (bicyclic) bond motifs is 1. The van der Waals surface area contributed by atoms with E-state index in [1.807, 2.05) is 13.8 Å². The van der Waals surface area contributed by atoms with Crippen LogP contribution in [-0.4, -0.2) is 31.2 Å². The molecule has 3 aromatic heterocycles. The Morgan fingerprint density at radius 1 is 1.10 bits per heavy atom. The lowest BCUT2D eigenvalue weighted by Gasteiger charge is -2.10. The molecule has 7 nitrogen and oxygen atoms in total. The third-order valence-electron chi connectivity index (χ3n) is 4.90. The van der Waals surface area contributed by atoms with Crippen LogP contribution in [0, 0.1) is 13.8 Å². The largest absolute Gasteiger partial charge is 0.416 e. The second-order valence-electron chi connectivity index (χ2n) is 7.26. The zero-order valence-corrected chi connectivity index (χ0v) is 17.3. The molecule has 162 valence electrons. The maximum atomic E-state index is 12.8. The van der Waals surface area contributed by atoms with Crippen LogP contribution in [0.5, 0.6) is 0 Å². The van der Waals surface area contributed by atoms with Crippen LogP contribution in [0.25, 0.3) is 22.6 Å². The van der Waals surface area contributed by atoms with Crippen LogP contribution in [0.1, 0.15) is 35.9 Å². The van der Waals surface area contributed by atoms with Gasteiger partial charge in [-0.3, -0.25) is 0 Å². The summed E-state index contributed by atoms with van der Waals surface area (Å²) in [6.07, 6.45) is -1.85. The lowest BCUT2D eigenvalue weighted by atomic mass is 10.1. The maximum absolute atomic E-state index is 12.8. The quantitative estimate of drug-likeness (QED) is 0.464. The van der Waals surface area contributed by atoms with Crippen molar-refractivity contribution in [3.63, 3.8) is 0 Å².